The largest absolute Gasteiger partial charge is 0.444 e. The number of nitriles is 1. The van der Waals surface area contributed by atoms with Gasteiger partial charge in [0, 0.05) is 32.0 Å². The van der Waals surface area contributed by atoms with E-state index in [1.807, 2.05) is 30.2 Å². The lowest BCUT2D eigenvalue weighted by atomic mass is 10.1. The summed E-state index contributed by atoms with van der Waals surface area (Å²) < 4.78 is 7.64. The first-order valence-electron chi connectivity index (χ1n) is 12.3. The predicted molar refractivity (Wildman–Crippen MR) is 130 cm³/mol. The number of anilines is 1. The second-order valence-corrected chi connectivity index (χ2v) is 10.9. The molecule has 3 aliphatic rings. The van der Waals surface area contributed by atoms with Crippen molar-refractivity contribution in [1.29, 1.82) is 5.26 Å². The predicted octanol–water partition coefficient (Wildman–Crippen LogP) is 4.15. The Kier molecular flexibility index (Phi) is 4.78. The zero-order valence-electron chi connectivity index (χ0n) is 20.4. The van der Waals surface area contributed by atoms with Crippen molar-refractivity contribution in [2.45, 2.75) is 63.5 Å². The molecule has 1 saturated heterocycles. The van der Waals surface area contributed by atoms with E-state index in [-0.39, 0.29) is 11.6 Å². The van der Waals surface area contributed by atoms with Gasteiger partial charge in [0.2, 0.25) is 0 Å². The molecule has 9 heteroatoms. The first kappa shape index (κ1) is 21.8. The number of hydrogen-bond donors (Lipinski definition) is 0. The van der Waals surface area contributed by atoms with Crippen molar-refractivity contribution in [3.05, 3.63) is 42.0 Å². The molecule has 0 atom stereocenters. The van der Waals surface area contributed by atoms with Crippen molar-refractivity contribution in [3.8, 4) is 11.9 Å². The number of amides is 1. The molecule has 1 spiro atoms. The van der Waals surface area contributed by atoms with Gasteiger partial charge < -0.3 is 14.5 Å². The van der Waals surface area contributed by atoms with E-state index in [0.29, 0.717) is 36.9 Å². The van der Waals surface area contributed by atoms with E-state index < -0.39 is 5.60 Å². The molecule has 1 aliphatic heterocycles. The zero-order chi connectivity index (χ0) is 24.4. The maximum absolute atomic E-state index is 12.8. The van der Waals surface area contributed by atoms with Crippen LogP contribution in [0, 0.1) is 11.3 Å². The molecule has 3 aromatic heterocycles. The highest BCUT2D eigenvalue weighted by Crippen LogP contribution is 2.50. The summed E-state index contributed by atoms with van der Waals surface area (Å²) in [6.45, 7) is 7.62. The smallest absolute Gasteiger partial charge is 0.410 e. The number of pyridine rings is 1. The Morgan fingerprint density at radius 3 is 2.69 bits per heavy atom. The molecule has 9 nitrogen and oxygen atoms in total. The van der Waals surface area contributed by atoms with Crippen LogP contribution in [0.4, 0.5) is 10.6 Å². The molecule has 3 fully saturated rings. The van der Waals surface area contributed by atoms with Crippen molar-refractivity contribution in [2.24, 2.45) is 0 Å². The topological polar surface area (TPSA) is 100 Å². The van der Waals surface area contributed by atoms with E-state index in [0.717, 1.165) is 42.5 Å². The van der Waals surface area contributed by atoms with E-state index in [1.165, 1.54) is 5.56 Å². The van der Waals surface area contributed by atoms with Crippen molar-refractivity contribution < 1.29 is 9.53 Å². The average Bonchev–Trinajstić information content (AvgIpc) is 3.77. The fraction of sp³-hybridized carbons (Fsp3) is 0.500. The van der Waals surface area contributed by atoms with Gasteiger partial charge in [0.1, 0.15) is 23.6 Å². The fourth-order valence-electron chi connectivity index (χ4n) is 5.14. The van der Waals surface area contributed by atoms with E-state index in [4.69, 9.17) is 9.72 Å². The van der Waals surface area contributed by atoms with Gasteiger partial charge in [-0.25, -0.2) is 19.7 Å². The van der Waals surface area contributed by atoms with Crippen LogP contribution in [0.1, 0.15) is 63.5 Å². The number of aromatic nitrogens is 4. The number of carbonyl (C=O) groups excluding carboxylic acids is 1. The summed E-state index contributed by atoms with van der Waals surface area (Å²) in [7, 11) is 0. The van der Waals surface area contributed by atoms with Crippen LogP contribution in [0.5, 0.6) is 0 Å². The number of carbonyl (C=O) groups is 1. The van der Waals surface area contributed by atoms with Crippen LogP contribution >= 0.6 is 0 Å². The van der Waals surface area contributed by atoms with Crippen LogP contribution in [0.3, 0.4) is 0 Å². The summed E-state index contributed by atoms with van der Waals surface area (Å²) in [5.74, 6) is 2.11. The van der Waals surface area contributed by atoms with Gasteiger partial charge in [0.25, 0.3) is 0 Å². The van der Waals surface area contributed by atoms with Crippen molar-refractivity contribution in [2.75, 3.05) is 24.5 Å². The molecular weight excluding hydrogens is 442 g/mol. The lowest BCUT2D eigenvalue weighted by molar-refractivity contribution is 0.0205. The maximum atomic E-state index is 12.8. The number of ether oxygens (including phenoxy) is 1. The average molecular weight is 472 g/mol. The first-order chi connectivity index (χ1) is 16.8. The highest BCUT2D eigenvalue weighted by Gasteiger charge is 2.53. The normalized spacial score (nSPS) is 19.1. The quantitative estimate of drug-likeness (QED) is 0.565. The maximum Gasteiger partial charge on any atom is 0.410 e. The Morgan fingerprint density at radius 1 is 1.20 bits per heavy atom. The van der Waals surface area contributed by atoms with Crippen molar-refractivity contribution in [1.82, 2.24) is 24.4 Å². The number of piperazine rings is 1. The van der Waals surface area contributed by atoms with E-state index >= 15 is 0 Å². The molecule has 2 aliphatic carbocycles. The lowest BCUT2D eigenvalue weighted by Crippen LogP contribution is -2.57. The summed E-state index contributed by atoms with van der Waals surface area (Å²) in [6, 6.07) is 5.70. The molecule has 0 N–H and O–H groups in total. The third-order valence-electron chi connectivity index (χ3n) is 7.12. The Morgan fingerprint density at radius 2 is 2.00 bits per heavy atom. The van der Waals surface area contributed by atoms with E-state index in [9.17, 15) is 10.1 Å². The first-order valence-corrected chi connectivity index (χ1v) is 12.3. The third-order valence-corrected chi connectivity index (χ3v) is 7.12. The van der Waals surface area contributed by atoms with Gasteiger partial charge in [0.05, 0.1) is 22.6 Å². The lowest BCUT2D eigenvalue weighted by Gasteiger charge is -2.43. The van der Waals surface area contributed by atoms with Gasteiger partial charge in [-0.15, -0.1) is 0 Å². The monoisotopic (exact) mass is 471 g/mol. The SMILES string of the molecule is CC(C)(C)OC(=O)N1CCN(c2ncnc3c2c(C2CC2)cn3-c2cc(C#N)ccn2)C2(CC2)C1. The zero-order valence-corrected chi connectivity index (χ0v) is 20.4. The number of fused-ring (bicyclic) bond motifs is 1. The summed E-state index contributed by atoms with van der Waals surface area (Å²) in [6.07, 6.45) is 9.49. The van der Waals surface area contributed by atoms with Crippen LogP contribution in [-0.4, -0.2) is 61.3 Å². The number of nitrogens with zero attached hydrogens (tertiary/aromatic N) is 7. The summed E-state index contributed by atoms with van der Waals surface area (Å²) in [5, 5.41) is 10.4. The Balaban J connectivity index is 1.39. The van der Waals surface area contributed by atoms with Crippen LogP contribution in [-0.2, 0) is 4.74 Å². The summed E-state index contributed by atoms with van der Waals surface area (Å²) in [4.78, 5) is 31.0. The molecule has 2 saturated carbocycles. The van der Waals surface area contributed by atoms with Gasteiger partial charge in [-0.1, -0.05) is 0 Å². The molecule has 1 amide bonds. The van der Waals surface area contributed by atoms with Crippen LogP contribution < -0.4 is 4.90 Å². The minimum absolute atomic E-state index is 0.113. The number of hydrogen-bond acceptors (Lipinski definition) is 7. The Labute approximate surface area is 204 Å². The standard InChI is InChI=1S/C26H29N7O2/c1-25(2,3)35-24(34)31-10-11-33(26(15-31)7-8-26)23-21-19(18-4-5-18)14-32(22(21)29-16-30-23)20-12-17(13-27)6-9-28-20/h6,9,12,14,16,18H,4-5,7-8,10-11,15H2,1-3H3. The van der Waals surface area contributed by atoms with Crippen molar-refractivity contribution >= 4 is 22.9 Å². The molecule has 0 radical (unpaired) electrons. The molecule has 35 heavy (non-hydrogen) atoms. The fourth-order valence-corrected chi connectivity index (χ4v) is 5.14. The second kappa shape index (κ2) is 7.67. The van der Waals surface area contributed by atoms with Crippen LogP contribution in [0.25, 0.3) is 16.9 Å². The molecule has 4 heterocycles. The Bertz CT molecular complexity index is 1360. The molecular formula is C26H29N7O2. The van der Waals surface area contributed by atoms with Gasteiger partial charge in [-0.05, 0) is 70.1 Å². The van der Waals surface area contributed by atoms with Crippen LogP contribution in [0.2, 0.25) is 0 Å². The molecule has 180 valence electrons. The van der Waals surface area contributed by atoms with Gasteiger partial charge in [0.15, 0.2) is 5.65 Å². The molecule has 0 unspecified atom stereocenters. The minimum Gasteiger partial charge on any atom is -0.444 e. The van der Waals surface area contributed by atoms with E-state index in [1.54, 1.807) is 24.7 Å². The second-order valence-electron chi connectivity index (χ2n) is 10.9. The highest BCUT2D eigenvalue weighted by atomic mass is 16.6. The molecule has 3 aromatic rings. The molecule has 0 aromatic carbocycles. The Hall–Kier alpha value is -3.67. The molecule has 6 rings (SSSR count). The highest BCUT2D eigenvalue weighted by molar-refractivity contribution is 5.93. The van der Waals surface area contributed by atoms with Gasteiger partial charge in [-0.3, -0.25) is 4.57 Å². The van der Waals surface area contributed by atoms with Gasteiger partial charge >= 0.3 is 6.09 Å². The summed E-state index contributed by atoms with van der Waals surface area (Å²) in [5.41, 5.74) is 1.99. The number of rotatable bonds is 3. The van der Waals surface area contributed by atoms with Crippen LogP contribution in [0.15, 0.2) is 30.9 Å². The van der Waals surface area contributed by atoms with Gasteiger partial charge in [-0.2, -0.15) is 5.26 Å². The molecule has 0 bridgehead atoms. The van der Waals surface area contributed by atoms with E-state index in [2.05, 4.69) is 27.1 Å². The summed E-state index contributed by atoms with van der Waals surface area (Å²) >= 11 is 0. The third kappa shape index (κ3) is 3.87. The minimum atomic E-state index is -0.511. The van der Waals surface area contributed by atoms with Crippen molar-refractivity contribution in [3.63, 3.8) is 0 Å².